The highest BCUT2D eigenvalue weighted by Gasteiger charge is 2.18. The summed E-state index contributed by atoms with van der Waals surface area (Å²) in [5.74, 6) is 1.25. The standard InChI is InChI=1S/C21H20O4/c1-14(21(22)25-20-6-4-5-18(13-20)23-2)15-7-8-17-12-19(24-3)10-9-16(17)11-15/h4-14H,1-3H3/t14-/m0/s1. The van der Waals surface area contributed by atoms with Gasteiger partial charge in [0.25, 0.3) is 0 Å². The van der Waals surface area contributed by atoms with Crippen LogP contribution in [0, 0.1) is 0 Å². The maximum absolute atomic E-state index is 12.5. The molecule has 0 saturated carbocycles. The predicted octanol–water partition coefficient (Wildman–Crippen LogP) is 4.57. The summed E-state index contributed by atoms with van der Waals surface area (Å²) in [6, 6.07) is 18.8. The quantitative estimate of drug-likeness (QED) is 0.506. The van der Waals surface area contributed by atoms with E-state index in [0.29, 0.717) is 11.5 Å². The number of carbonyl (C=O) groups excluding carboxylic acids is 1. The molecule has 0 aliphatic carbocycles. The normalized spacial score (nSPS) is 11.8. The third-order valence-electron chi connectivity index (χ3n) is 4.18. The molecule has 4 nitrogen and oxygen atoms in total. The van der Waals surface area contributed by atoms with Gasteiger partial charge in [-0.15, -0.1) is 0 Å². The Bertz CT molecular complexity index is 901. The van der Waals surface area contributed by atoms with Crippen LogP contribution in [0.25, 0.3) is 10.8 Å². The summed E-state index contributed by atoms with van der Waals surface area (Å²) in [5, 5.41) is 2.12. The van der Waals surface area contributed by atoms with Crippen molar-refractivity contribution in [3.8, 4) is 17.2 Å². The van der Waals surface area contributed by atoms with E-state index in [1.54, 1.807) is 38.5 Å². The van der Waals surface area contributed by atoms with Gasteiger partial charge in [-0.2, -0.15) is 0 Å². The van der Waals surface area contributed by atoms with Gasteiger partial charge in [-0.25, -0.2) is 0 Å². The van der Waals surface area contributed by atoms with Gasteiger partial charge in [-0.05, 0) is 47.5 Å². The van der Waals surface area contributed by atoms with Crippen LogP contribution in [0.2, 0.25) is 0 Å². The highest BCUT2D eigenvalue weighted by atomic mass is 16.5. The van der Waals surface area contributed by atoms with E-state index >= 15 is 0 Å². The largest absolute Gasteiger partial charge is 0.497 e. The minimum absolute atomic E-state index is 0.305. The lowest BCUT2D eigenvalue weighted by Gasteiger charge is -2.13. The van der Waals surface area contributed by atoms with Crippen LogP contribution in [0.3, 0.4) is 0 Å². The Labute approximate surface area is 146 Å². The van der Waals surface area contributed by atoms with Crippen molar-refractivity contribution in [2.45, 2.75) is 12.8 Å². The molecule has 0 spiro atoms. The summed E-state index contributed by atoms with van der Waals surface area (Å²) in [6.07, 6.45) is 0. The maximum atomic E-state index is 12.5. The number of fused-ring (bicyclic) bond motifs is 1. The number of carbonyl (C=O) groups is 1. The van der Waals surface area contributed by atoms with E-state index in [9.17, 15) is 4.79 Å². The zero-order valence-corrected chi connectivity index (χ0v) is 14.5. The molecule has 0 aliphatic heterocycles. The molecule has 0 saturated heterocycles. The van der Waals surface area contributed by atoms with Crippen LogP contribution >= 0.6 is 0 Å². The second-order valence-corrected chi connectivity index (χ2v) is 5.79. The number of hydrogen-bond acceptors (Lipinski definition) is 4. The van der Waals surface area contributed by atoms with Crippen molar-refractivity contribution in [1.29, 1.82) is 0 Å². The summed E-state index contributed by atoms with van der Waals surface area (Å²) in [4.78, 5) is 12.5. The second-order valence-electron chi connectivity index (χ2n) is 5.79. The first kappa shape index (κ1) is 16.8. The van der Waals surface area contributed by atoms with Crippen molar-refractivity contribution in [2.75, 3.05) is 14.2 Å². The molecule has 0 unspecified atom stereocenters. The van der Waals surface area contributed by atoms with Crippen LogP contribution in [0.15, 0.2) is 60.7 Å². The monoisotopic (exact) mass is 336 g/mol. The van der Waals surface area contributed by atoms with Crippen molar-refractivity contribution in [1.82, 2.24) is 0 Å². The molecule has 128 valence electrons. The maximum Gasteiger partial charge on any atom is 0.318 e. The van der Waals surface area contributed by atoms with Crippen molar-refractivity contribution in [3.63, 3.8) is 0 Å². The summed E-state index contributed by atoms with van der Waals surface area (Å²) in [6.45, 7) is 1.84. The lowest BCUT2D eigenvalue weighted by atomic mass is 9.98. The average molecular weight is 336 g/mol. The molecule has 0 N–H and O–H groups in total. The molecule has 0 heterocycles. The van der Waals surface area contributed by atoms with Gasteiger partial charge >= 0.3 is 5.97 Å². The lowest BCUT2D eigenvalue weighted by molar-refractivity contribution is -0.135. The van der Waals surface area contributed by atoms with Gasteiger partial charge in [0, 0.05) is 6.07 Å². The van der Waals surface area contributed by atoms with E-state index in [2.05, 4.69) is 0 Å². The SMILES string of the molecule is COc1cccc(OC(=O)[C@@H](C)c2ccc3cc(OC)ccc3c2)c1. The minimum atomic E-state index is -0.377. The molecule has 3 aromatic carbocycles. The zero-order valence-electron chi connectivity index (χ0n) is 14.5. The van der Waals surface area contributed by atoms with Crippen LogP contribution in [0.1, 0.15) is 18.4 Å². The Balaban J connectivity index is 1.80. The molecule has 0 fully saturated rings. The van der Waals surface area contributed by atoms with Crippen LogP contribution in [-0.2, 0) is 4.79 Å². The number of ether oxygens (including phenoxy) is 3. The zero-order chi connectivity index (χ0) is 17.8. The van der Waals surface area contributed by atoms with Gasteiger partial charge < -0.3 is 14.2 Å². The number of esters is 1. The van der Waals surface area contributed by atoms with Crippen molar-refractivity contribution < 1.29 is 19.0 Å². The number of methoxy groups -OCH3 is 2. The second kappa shape index (κ2) is 7.26. The first-order valence-electron chi connectivity index (χ1n) is 8.04. The van der Waals surface area contributed by atoms with Crippen LogP contribution < -0.4 is 14.2 Å². The van der Waals surface area contributed by atoms with Gasteiger partial charge in [0.1, 0.15) is 17.2 Å². The molecule has 3 aromatic rings. The number of rotatable bonds is 5. The summed E-state index contributed by atoms with van der Waals surface area (Å²) < 4.78 is 15.9. The Kier molecular flexibility index (Phi) is 4.89. The van der Waals surface area contributed by atoms with E-state index in [1.807, 2.05) is 43.3 Å². The molecule has 0 bridgehead atoms. The molecular formula is C21H20O4. The number of hydrogen-bond donors (Lipinski definition) is 0. The molecule has 0 radical (unpaired) electrons. The summed E-state index contributed by atoms with van der Waals surface area (Å²) in [7, 11) is 3.22. The van der Waals surface area contributed by atoms with E-state index in [0.717, 1.165) is 22.1 Å². The molecule has 0 amide bonds. The fourth-order valence-electron chi connectivity index (χ4n) is 2.64. The van der Waals surface area contributed by atoms with Gasteiger partial charge in [-0.1, -0.05) is 30.3 Å². The molecule has 0 aromatic heterocycles. The average Bonchev–Trinajstić information content (AvgIpc) is 2.66. The van der Waals surface area contributed by atoms with Crippen molar-refractivity contribution in [3.05, 3.63) is 66.2 Å². The summed E-state index contributed by atoms with van der Waals surface area (Å²) in [5.41, 5.74) is 0.908. The third kappa shape index (κ3) is 3.74. The van der Waals surface area contributed by atoms with E-state index in [4.69, 9.17) is 14.2 Å². The molecule has 0 aliphatic rings. The highest BCUT2D eigenvalue weighted by Crippen LogP contribution is 2.27. The van der Waals surface area contributed by atoms with E-state index < -0.39 is 0 Å². The van der Waals surface area contributed by atoms with Gasteiger partial charge in [-0.3, -0.25) is 4.79 Å². The van der Waals surface area contributed by atoms with Gasteiger partial charge in [0.2, 0.25) is 0 Å². The first-order chi connectivity index (χ1) is 12.1. The molecule has 3 rings (SSSR count). The third-order valence-corrected chi connectivity index (χ3v) is 4.18. The Morgan fingerprint density at radius 1 is 0.800 bits per heavy atom. The predicted molar refractivity (Wildman–Crippen MR) is 97.5 cm³/mol. The molecule has 25 heavy (non-hydrogen) atoms. The number of benzene rings is 3. The van der Waals surface area contributed by atoms with Crippen molar-refractivity contribution in [2.24, 2.45) is 0 Å². The fraction of sp³-hybridized carbons (Fsp3) is 0.190. The van der Waals surface area contributed by atoms with Crippen LogP contribution in [-0.4, -0.2) is 20.2 Å². The lowest BCUT2D eigenvalue weighted by Crippen LogP contribution is -2.16. The smallest absolute Gasteiger partial charge is 0.318 e. The molecule has 4 heteroatoms. The van der Waals surface area contributed by atoms with E-state index in [-0.39, 0.29) is 11.9 Å². The Morgan fingerprint density at radius 2 is 1.44 bits per heavy atom. The van der Waals surface area contributed by atoms with Gasteiger partial charge in [0.05, 0.1) is 20.1 Å². The highest BCUT2D eigenvalue weighted by molar-refractivity contribution is 5.87. The van der Waals surface area contributed by atoms with Crippen molar-refractivity contribution >= 4 is 16.7 Å². The molecule has 1 atom stereocenters. The van der Waals surface area contributed by atoms with Crippen LogP contribution in [0.4, 0.5) is 0 Å². The Morgan fingerprint density at radius 3 is 2.20 bits per heavy atom. The fourth-order valence-corrected chi connectivity index (χ4v) is 2.64. The van der Waals surface area contributed by atoms with Gasteiger partial charge in [0.15, 0.2) is 0 Å². The Hall–Kier alpha value is -3.01. The summed E-state index contributed by atoms with van der Waals surface area (Å²) >= 11 is 0. The minimum Gasteiger partial charge on any atom is -0.497 e. The molecular weight excluding hydrogens is 316 g/mol. The topological polar surface area (TPSA) is 44.8 Å². The first-order valence-corrected chi connectivity index (χ1v) is 8.04. The van der Waals surface area contributed by atoms with E-state index in [1.165, 1.54) is 0 Å². The van der Waals surface area contributed by atoms with Crippen LogP contribution in [0.5, 0.6) is 17.2 Å².